The van der Waals surface area contributed by atoms with E-state index in [9.17, 15) is 4.79 Å². The SMILES string of the molecule is Cc1ncnc(N2CCCN(C(=O)C3CCC3)CC2)c1C. The first-order valence-electron chi connectivity index (χ1n) is 7.99. The van der Waals surface area contributed by atoms with Crippen molar-refractivity contribution in [3.63, 3.8) is 0 Å². The molecule has 1 saturated heterocycles. The van der Waals surface area contributed by atoms with Crippen molar-refractivity contribution in [3.8, 4) is 0 Å². The van der Waals surface area contributed by atoms with Gasteiger partial charge in [-0.15, -0.1) is 0 Å². The van der Waals surface area contributed by atoms with E-state index in [1.54, 1.807) is 6.33 Å². The van der Waals surface area contributed by atoms with Gasteiger partial charge in [-0.25, -0.2) is 9.97 Å². The van der Waals surface area contributed by atoms with Gasteiger partial charge in [0.25, 0.3) is 0 Å². The van der Waals surface area contributed by atoms with Gasteiger partial charge in [-0.05, 0) is 33.1 Å². The van der Waals surface area contributed by atoms with Crippen molar-refractivity contribution in [2.45, 2.75) is 39.5 Å². The summed E-state index contributed by atoms with van der Waals surface area (Å²) >= 11 is 0. The summed E-state index contributed by atoms with van der Waals surface area (Å²) < 4.78 is 0. The van der Waals surface area contributed by atoms with E-state index >= 15 is 0 Å². The molecule has 0 bridgehead atoms. The van der Waals surface area contributed by atoms with Crippen LogP contribution in [0.2, 0.25) is 0 Å². The number of hydrogen-bond acceptors (Lipinski definition) is 4. The van der Waals surface area contributed by atoms with E-state index in [1.807, 2.05) is 6.92 Å². The van der Waals surface area contributed by atoms with Crippen LogP contribution in [-0.4, -0.2) is 47.0 Å². The molecule has 0 atom stereocenters. The van der Waals surface area contributed by atoms with Crippen LogP contribution >= 0.6 is 0 Å². The minimum atomic E-state index is 0.305. The number of aromatic nitrogens is 2. The maximum absolute atomic E-state index is 12.4. The van der Waals surface area contributed by atoms with Gasteiger partial charge in [-0.3, -0.25) is 4.79 Å². The second kappa shape index (κ2) is 6.00. The molecule has 1 aliphatic heterocycles. The van der Waals surface area contributed by atoms with Crippen LogP contribution in [0.4, 0.5) is 5.82 Å². The fourth-order valence-corrected chi connectivity index (χ4v) is 3.11. The maximum Gasteiger partial charge on any atom is 0.225 e. The van der Waals surface area contributed by atoms with Gasteiger partial charge in [-0.2, -0.15) is 0 Å². The highest BCUT2D eigenvalue weighted by Gasteiger charge is 2.30. The molecule has 1 amide bonds. The zero-order valence-corrected chi connectivity index (χ0v) is 13.0. The summed E-state index contributed by atoms with van der Waals surface area (Å²) in [5, 5.41) is 0. The Morgan fingerprint density at radius 1 is 1.10 bits per heavy atom. The van der Waals surface area contributed by atoms with Crippen LogP contribution < -0.4 is 4.90 Å². The van der Waals surface area contributed by atoms with Crippen LogP contribution in [0.3, 0.4) is 0 Å². The lowest BCUT2D eigenvalue weighted by Crippen LogP contribution is -2.41. The van der Waals surface area contributed by atoms with Crippen molar-refractivity contribution < 1.29 is 4.79 Å². The van der Waals surface area contributed by atoms with Crippen molar-refractivity contribution in [3.05, 3.63) is 17.6 Å². The van der Waals surface area contributed by atoms with Gasteiger partial charge in [0, 0.05) is 43.4 Å². The molecule has 2 aliphatic rings. The fraction of sp³-hybridized carbons (Fsp3) is 0.688. The topological polar surface area (TPSA) is 49.3 Å². The molecule has 0 unspecified atom stereocenters. The molecule has 5 heteroatoms. The quantitative estimate of drug-likeness (QED) is 0.834. The summed E-state index contributed by atoms with van der Waals surface area (Å²) in [5.74, 6) is 1.71. The Morgan fingerprint density at radius 2 is 1.90 bits per heavy atom. The Kier molecular flexibility index (Phi) is 4.08. The summed E-state index contributed by atoms with van der Waals surface area (Å²) in [6.07, 6.45) is 6.04. The third-order valence-electron chi connectivity index (χ3n) is 4.87. The molecule has 3 rings (SSSR count). The van der Waals surface area contributed by atoms with E-state index in [0.717, 1.165) is 62.5 Å². The van der Waals surface area contributed by atoms with Gasteiger partial charge < -0.3 is 9.80 Å². The van der Waals surface area contributed by atoms with Crippen LogP contribution in [0.15, 0.2) is 6.33 Å². The highest BCUT2D eigenvalue weighted by Crippen LogP contribution is 2.29. The predicted molar refractivity (Wildman–Crippen MR) is 82.3 cm³/mol. The van der Waals surface area contributed by atoms with Crippen molar-refractivity contribution in [1.29, 1.82) is 0 Å². The van der Waals surface area contributed by atoms with Crippen molar-refractivity contribution in [1.82, 2.24) is 14.9 Å². The predicted octanol–water partition coefficient (Wildman–Crippen LogP) is 1.93. The number of carbonyl (C=O) groups is 1. The first kappa shape index (κ1) is 14.3. The molecule has 5 nitrogen and oxygen atoms in total. The standard InChI is InChI=1S/C16H24N4O/c1-12-13(2)17-11-18-15(12)19-7-4-8-20(10-9-19)16(21)14-5-3-6-14/h11,14H,3-10H2,1-2H3. The maximum atomic E-state index is 12.4. The van der Waals surface area contributed by atoms with E-state index in [0.29, 0.717) is 11.8 Å². The van der Waals surface area contributed by atoms with E-state index in [-0.39, 0.29) is 0 Å². The highest BCUT2D eigenvalue weighted by molar-refractivity contribution is 5.79. The number of anilines is 1. The minimum absolute atomic E-state index is 0.305. The van der Waals surface area contributed by atoms with Crippen LogP contribution in [0.5, 0.6) is 0 Å². The Balaban J connectivity index is 1.67. The Bertz CT molecular complexity index is 527. The Morgan fingerprint density at radius 3 is 2.62 bits per heavy atom. The summed E-state index contributed by atoms with van der Waals surface area (Å²) in [6, 6.07) is 0. The minimum Gasteiger partial charge on any atom is -0.354 e. The Labute approximate surface area is 126 Å². The third-order valence-corrected chi connectivity index (χ3v) is 4.87. The lowest BCUT2D eigenvalue weighted by Gasteiger charge is -2.31. The molecule has 0 radical (unpaired) electrons. The normalized spacial score (nSPS) is 20.1. The van der Waals surface area contributed by atoms with Gasteiger partial charge >= 0.3 is 0 Å². The van der Waals surface area contributed by atoms with Gasteiger partial charge in [-0.1, -0.05) is 6.42 Å². The molecule has 0 spiro atoms. The molecule has 2 fully saturated rings. The van der Waals surface area contributed by atoms with E-state index in [4.69, 9.17) is 0 Å². The van der Waals surface area contributed by atoms with Gasteiger partial charge in [0.1, 0.15) is 12.1 Å². The van der Waals surface area contributed by atoms with E-state index in [2.05, 4.69) is 26.7 Å². The molecule has 1 aliphatic carbocycles. The Hall–Kier alpha value is -1.65. The monoisotopic (exact) mass is 288 g/mol. The lowest BCUT2D eigenvalue weighted by molar-refractivity contribution is -0.137. The van der Waals surface area contributed by atoms with Crippen molar-refractivity contribution in [2.24, 2.45) is 5.92 Å². The molecule has 0 aromatic carbocycles. The number of carbonyl (C=O) groups excluding carboxylic acids is 1. The zero-order chi connectivity index (χ0) is 14.8. The zero-order valence-electron chi connectivity index (χ0n) is 13.0. The smallest absolute Gasteiger partial charge is 0.225 e. The molecule has 1 aromatic heterocycles. The van der Waals surface area contributed by atoms with E-state index < -0.39 is 0 Å². The number of hydrogen-bond donors (Lipinski definition) is 0. The summed E-state index contributed by atoms with van der Waals surface area (Å²) in [7, 11) is 0. The van der Waals surface area contributed by atoms with Gasteiger partial charge in [0.15, 0.2) is 0 Å². The van der Waals surface area contributed by atoms with Crippen molar-refractivity contribution in [2.75, 3.05) is 31.1 Å². The summed E-state index contributed by atoms with van der Waals surface area (Å²) in [4.78, 5) is 25.4. The molecular formula is C16H24N4O. The first-order chi connectivity index (χ1) is 10.2. The van der Waals surface area contributed by atoms with Gasteiger partial charge in [0.2, 0.25) is 5.91 Å². The third kappa shape index (κ3) is 2.87. The number of rotatable bonds is 2. The molecule has 1 saturated carbocycles. The molecule has 2 heterocycles. The average Bonchev–Trinajstić information content (AvgIpc) is 2.65. The van der Waals surface area contributed by atoms with Crippen LogP contribution in [0, 0.1) is 19.8 Å². The average molecular weight is 288 g/mol. The van der Waals surface area contributed by atoms with Crippen LogP contribution in [0.1, 0.15) is 36.9 Å². The second-order valence-corrected chi connectivity index (χ2v) is 6.20. The molecule has 114 valence electrons. The first-order valence-corrected chi connectivity index (χ1v) is 7.99. The summed E-state index contributed by atoms with van der Waals surface area (Å²) in [6.45, 7) is 7.63. The molecule has 1 aromatic rings. The fourth-order valence-electron chi connectivity index (χ4n) is 3.11. The molecular weight excluding hydrogens is 264 g/mol. The lowest BCUT2D eigenvalue weighted by atomic mass is 9.84. The largest absolute Gasteiger partial charge is 0.354 e. The second-order valence-electron chi connectivity index (χ2n) is 6.20. The van der Waals surface area contributed by atoms with Crippen LogP contribution in [-0.2, 0) is 4.79 Å². The molecule has 21 heavy (non-hydrogen) atoms. The number of amides is 1. The highest BCUT2D eigenvalue weighted by atomic mass is 16.2. The number of nitrogens with zero attached hydrogens (tertiary/aromatic N) is 4. The van der Waals surface area contributed by atoms with Crippen LogP contribution in [0.25, 0.3) is 0 Å². The van der Waals surface area contributed by atoms with Crippen molar-refractivity contribution >= 4 is 11.7 Å². The van der Waals surface area contributed by atoms with E-state index in [1.165, 1.54) is 6.42 Å². The summed E-state index contributed by atoms with van der Waals surface area (Å²) in [5.41, 5.74) is 2.18. The van der Waals surface area contributed by atoms with Gasteiger partial charge in [0.05, 0.1) is 0 Å². The molecule has 0 N–H and O–H groups in total. The number of aryl methyl sites for hydroxylation is 1.